The molecule has 1 N–H and O–H groups in total. The molecule has 3 aromatic rings. The molecule has 104 valence electrons. The number of nitrogens with zero attached hydrogens (tertiary/aromatic N) is 4. The molecule has 2 aromatic heterocycles. The van der Waals surface area contributed by atoms with Crippen LogP contribution < -0.4 is 5.43 Å². The molecular formula is C15H13N5S. The second-order valence-corrected chi connectivity index (χ2v) is 6.03. The van der Waals surface area contributed by atoms with E-state index in [0.717, 1.165) is 22.2 Å². The number of benzene rings is 1. The number of anilines is 1. The van der Waals surface area contributed by atoms with Crippen molar-refractivity contribution in [2.75, 3.05) is 5.43 Å². The van der Waals surface area contributed by atoms with Gasteiger partial charge in [-0.1, -0.05) is 6.07 Å². The molecule has 1 aromatic carbocycles. The maximum absolute atomic E-state index is 4.31. The molecule has 0 amide bonds. The number of rotatable bonds is 1. The molecule has 1 aliphatic heterocycles. The first-order valence-electron chi connectivity index (χ1n) is 6.64. The zero-order chi connectivity index (χ0) is 14.4. The Morgan fingerprint density at radius 2 is 1.90 bits per heavy atom. The van der Waals surface area contributed by atoms with Crippen molar-refractivity contribution in [2.24, 2.45) is 0 Å². The lowest BCUT2D eigenvalue weighted by Gasteiger charge is -2.22. The first-order valence-corrected chi connectivity index (χ1v) is 7.46. The van der Waals surface area contributed by atoms with Gasteiger partial charge in [0, 0.05) is 22.9 Å². The molecule has 0 spiro atoms. The molecule has 0 bridgehead atoms. The van der Waals surface area contributed by atoms with Crippen LogP contribution in [-0.2, 0) is 0 Å². The second-order valence-electron chi connectivity index (χ2n) is 5.05. The highest BCUT2D eigenvalue weighted by Gasteiger charge is 2.23. The van der Waals surface area contributed by atoms with Crippen molar-refractivity contribution in [1.29, 1.82) is 0 Å². The molecule has 1 aliphatic rings. The summed E-state index contributed by atoms with van der Waals surface area (Å²) in [5, 5.41) is 9.44. The van der Waals surface area contributed by atoms with Gasteiger partial charge in [0.15, 0.2) is 5.82 Å². The normalized spacial score (nSPS) is 12.5. The van der Waals surface area contributed by atoms with Crippen molar-refractivity contribution < 1.29 is 0 Å². The number of pyridine rings is 1. The smallest absolute Gasteiger partial charge is 0.215 e. The summed E-state index contributed by atoms with van der Waals surface area (Å²) in [6.45, 7) is 4.22. The first-order chi connectivity index (χ1) is 10.2. The largest absolute Gasteiger partial charge is 0.289 e. The SMILES string of the molecule is Cc1cc(C)c2c(c1)Nn1c(nnc1-c1ccncc1)S2. The summed E-state index contributed by atoms with van der Waals surface area (Å²) in [6.07, 6.45) is 3.52. The van der Waals surface area contributed by atoms with E-state index < -0.39 is 0 Å². The highest BCUT2D eigenvalue weighted by molar-refractivity contribution is 7.99. The summed E-state index contributed by atoms with van der Waals surface area (Å²) < 4.78 is 1.93. The molecule has 3 heterocycles. The third kappa shape index (κ3) is 1.99. The lowest BCUT2D eigenvalue weighted by molar-refractivity contribution is 0.807. The number of aryl methyl sites for hydroxylation is 2. The maximum Gasteiger partial charge on any atom is 0.215 e. The van der Waals surface area contributed by atoms with Crippen LogP contribution in [0.3, 0.4) is 0 Å². The van der Waals surface area contributed by atoms with E-state index in [1.54, 1.807) is 24.2 Å². The lowest BCUT2D eigenvalue weighted by Crippen LogP contribution is -2.16. The number of nitrogens with one attached hydrogen (secondary N) is 1. The van der Waals surface area contributed by atoms with Crippen molar-refractivity contribution >= 4 is 17.4 Å². The van der Waals surface area contributed by atoms with Crippen molar-refractivity contribution in [2.45, 2.75) is 23.9 Å². The molecule has 0 saturated heterocycles. The minimum absolute atomic E-state index is 0.796. The third-order valence-electron chi connectivity index (χ3n) is 3.42. The minimum atomic E-state index is 0.796. The van der Waals surface area contributed by atoms with E-state index in [2.05, 4.69) is 46.6 Å². The zero-order valence-electron chi connectivity index (χ0n) is 11.7. The van der Waals surface area contributed by atoms with Crippen LogP contribution in [-0.4, -0.2) is 19.9 Å². The predicted molar refractivity (Wildman–Crippen MR) is 82.3 cm³/mol. The summed E-state index contributed by atoms with van der Waals surface area (Å²) in [5.41, 5.74) is 8.00. The van der Waals surface area contributed by atoms with Crippen molar-refractivity contribution in [3.63, 3.8) is 0 Å². The van der Waals surface area contributed by atoms with E-state index in [1.165, 1.54) is 16.0 Å². The van der Waals surface area contributed by atoms with Gasteiger partial charge in [0.1, 0.15) is 0 Å². The van der Waals surface area contributed by atoms with E-state index in [9.17, 15) is 0 Å². The summed E-state index contributed by atoms with van der Waals surface area (Å²) >= 11 is 1.64. The molecular weight excluding hydrogens is 282 g/mol. The summed E-state index contributed by atoms with van der Waals surface area (Å²) in [7, 11) is 0. The van der Waals surface area contributed by atoms with Crippen LogP contribution in [0.5, 0.6) is 0 Å². The highest BCUT2D eigenvalue weighted by atomic mass is 32.2. The summed E-state index contributed by atoms with van der Waals surface area (Å²) in [6, 6.07) is 8.19. The van der Waals surface area contributed by atoms with Crippen LogP contribution in [0.1, 0.15) is 11.1 Å². The van der Waals surface area contributed by atoms with Gasteiger partial charge in [-0.05, 0) is 54.9 Å². The predicted octanol–water partition coefficient (Wildman–Crippen LogP) is 3.30. The molecule has 0 radical (unpaired) electrons. The Morgan fingerprint density at radius 3 is 2.71 bits per heavy atom. The topological polar surface area (TPSA) is 55.6 Å². The average Bonchev–Trinajstić information content (AvgIpc) is 2.89. The van der Waals surface area contributed by atoms with Crippen molar-refractivity contribution in [1.82, 2.24) is 19.9 Å². The molecule has 6 heteroatoms. The first kappa shape index (κ1) is 12.4. The van der Waals surface area contributed by atoms with Crippen LogP contribution in [0, 0.1) is 13.8 Å². The van der Waals surface area contributed by atoms with Gasteiger partial charge >= 0.3 is 0 Å². The molecule has 0 fully saturated rings. The average molecular weight is 295 g/mol. The van der Waals surface area contributed by atoms with Gasteiger partial charge < -0.3 is 0 Å². The Balaban J connectivity index is 1.83. The summed E-state index contributed by atoms with van der Waals surface area (Å²) in [5.74, 6) is 0.796. The molecule has 5 nitrogen and oxygen atoms in total. The Hall–Kier alpha value is -2.34. The molecule has 0 atom stereocenters. The van der Waals surface area contributed by atoms with Gasteiger partial charge in [-0.25, -0.2) is 4.68 Å². The van der Waals surface area contributed by atoms with Crippen LogP contribution in [0.4, 0.5) is 5.69 Å². The fourth-order valence-corrected chi connectivity index (χ4v) is 3.43. The number of aromatic nitrogens is 4. The quantitative estimate of drug-likeness (QED) is 0.584. The Kier molecular flexibility index (Phi) is 2.71. The van der Waals surface area contributed by atoms with Crippen molar-refractivity contribution in [3.05, 3.63) is 47.8 Å². The highest BCUT2D eigenvalue weighted by Crippen LogP contribution is 2.41. The van der Waals surface area contributed by atoms with Gasteiger partial charge in [-0.3, -0.25) is 10.4 Å². The number of hydrogen-bond donors (Lipinski definition) is 1. The Labute approximate surface area is 126 Å². The molecule has 4 rings (SSSR count). The fraction of sp³-hybridized carbons (Fsp3) is 0.133. The lowest BCUT2D eigenvalue weighted by atomic mass is 10.1. The van der Waals surface area contributed by atoms with Crippen LogP contribution in [0.25, 0.3) is 11.4 Å². The Bertz CT molecular complexity index is 826. The van der Waals surface area contributed by atoms with E-state index >= 15 is 0 Å². The van der Waals surface area contributed by atoms with E-state index in [4.69, 9.17) is 0 Å². The van der Waals surface area contributed by atoms with Gasteiger partial charge in [0.05, 0.1) is 5.69 Å². The monoisotopic (exact) mass is 295 g/mol. The van der Waals surface area contributed by atoms with Gasteiger partial charge in [0.25, 0.3) is 0 Å². The second kappa shape index (κ2) is 4.60. The third-order valence-corrected chi connectivity index (χ3v) is 4.61. The van der Waals surface area contributed by atoms with E-state index in [-0.39, 0.29) is 0 Å². The molecule has 0 unspecified atom stereocenters. The minimum Gasteiger partial charge on any atom is -0.289 e. The number of hydrogen-bond acceptors (Lipinski definition) is 5. The van der Waals surface area contributed by atoms with Crippen LogP contribution in [0.2, 0.25) is 0 Å². The van der Waals surface area contributed by atoms with Crippen molar-refractivity contribution in [3.8, 4) is 11.4 Å². The van der Waals surface area contributed by atoms with Gasteiger partial charge in [-0.15, -0.1) is 10.2 Å². The molecule has 0 saturated carbocycles. The summed E-state index contributed by atoms with van der Waals surface area (Å²) in [4.78, 5) is 5.25. The van der Waals surface area contributed by atoms with Gasteiger partial charge in [0.2, 0.25) is 5.16 Å². The van der Waals surface area contributed by atoms with Crippen LogP contribution >= 0.6 is 11.8 Å². The Morgan fingerprint density at radius 1 is 1.10 bits per heavy atom. The van der Waals surface area contributed by atoms with Crippen LogP contribution in [0.15, 0.2) is 46.7 Å². The number of fused-ring (bicyclic) bond motifs is 2. The standard InChI is InChI=1S/C15H13N5S/c1-9-7-10(2)13-12(8-9)19-20-14(17-18-15(20)21-13)11-3-5-16-6-4-11/h3-8,19H,1-2H3. The maximum atomic E-state index is 4.31. The fourth-order valence-electron chi connectivity index (χ4n) is 2.51. The molecule has 0 aliphatic carbocycles. The van der Waals surface area contributed by atoms with Gasteiger partial charge in [-0.2, -0.15) is 0 Å². The van der Waals surface area contributed by atoms with E-state index in [1.807, 2.05) is 16.8 Å². The van der Waals surface area contributed by atoms with E-state index in [0.29, 0.717) is 0 Å². The molecule has 21 heavy (non-hydrogen) atoms. The zero-order valence-corrected chi connectivity index (χ0v) is 12.5.